The van der Waals surface area contributed by atoms with Gasteiger partial charge in [0.2, 0.25) is 0 Å². The molecule has 5 nitrogen and oxygen atoms in total. The summed E-state index contributed by atoms with van der Waals surface area (Å²) in [5.41, 5.74) is 1.90. The van der Waals surface area contributed by atoms with Crippen LogP contribution in [0, 0.1) is 0 Å². The zero-order valence-corrected chi connectivity index (χ0v) is 8.19. The first-order valence-corrected chi connectivity index (χ1v) is 5.09. The molecule has 3 rings (SSSR count). The van der Waals surface area contributed by atoms with Gasteiger partial charge in [-0.25, -0.2) is 4.98 Å². The molecule has 15 heavy (non-hydrogen) atoms. The Morgan fingerprint density at radius 1 is 1.40 bits per heavy atom. The van der Waals surface area contributed by atoms with Crippen molar-refractivity contribution in [2.45, 2.75) is 25.7 Å². The topological polar surface area (TPSA) is 63.8 Å². The van der Waals surface area contributed by atoms with E-state index in [1.807, 2.05) is 0 Å². The fourth-order valence-electron chi connectivity index (χ4n) is 2.05. The van der Waals surface area contributed by atoms with Crippen LogP contribution in [-0.4, -0.2) is 14.8 Å². The summed E-state index contributed by atoms with van der Waals surface area (Å²) in [6.07, 6.45) is 7.02. The second-order valence-corrected chi connectivity index (χ2v) is 3.73. The summed E-state index contributed by atoms with van der Waals surface area (Å²) in [5.74, 6) is 0. The zero-order valence-electron chi connectivity index (χ0n) is 8.19. The fraction of sp³-hybridized carbons (Fsp3) is 0.400. The van der Waals surface area contributed by atoms with Crippen LogP contribution in [0.3, 0.4) is 0 Å². The SMILES string of the molecule is O=c1c2c([nH]n1-c1ncco1)CCCC2. The van der Waals surface area contributed by atoms with Gasteiger partial charge >= 0.3 is 6.01 Å². The molecule has 2 aromatic rings. The van der Waals surface area contributed by atoms with Gasteiger partial charge in [-0.2, -0.15) is 4.68 Å². The number of nitrogens with one attached hydrogen (secondary N) is 1. The molecule has 0 amide bonds. The van der Waals surface area contributed by atoms with Crippen molar-refractivity contribution in [1.29, 1.82) is 0 Å². The average Bonchev–Trinajstić information content (AvgIpc) is 2.87. The third-order valence-corrected chi connectivity index (χ3v) is 2.79. The van der Waals surface area contributed by atoms with Crippen LogP contribution >= 0.6 is 0 Å². The molecule has 0 spiro atoms. The third-order valence-electron chi connectivity index (χ3n) is 2.79. The molecule has 1 aliphatic carbocycles. The van der Waals surface area contributed by atoms with Crippen LogP contribution in [0.1, 0.15) is 24.1 Å². The highest BCUT2D eigenvalue weighted by molar-refractivity contribution is 5.23. The minimum atomic E-state index is -0.0212. The van der Waals surface area contributed by atoms with E-state index in [1.165, 1.54) is 17.1 Å². The van der Waals surface area contributed by atoms with Crippen molar-refractivity contribution in [1.82, 2.24) is 14.8 Å². The van der Waals surface area contributed by atoms with Gasteiger partial charge in [0, 0.05) is 11.3 Å². The molecule has 0 aromatic carbocycles. The number of rotatable bonds is 1. The molecule has 0 aliphatic heterocycles. The Morgan fingerprint density at radius 3 is 3.00 bits per heavy atom. The van der Waals surface area contributed by atoms with Crippen molar-refractivity contribution >= 4 is 0 Å². The van der Waals surface area contributed by atoms with Crippen molar-refractivity contribution in [3.63, 3.8) is 0 Å². The first-order valence-electron chi connectivity index (χ1n) is 5.09. The Bertz CT molecular complexity index is 521. The van der Waals surface area contributed by atoms with E-state index < -0.39 is 0 Å². The Kier molecular flexibility index (Phi) is 1.77. The smallest absolute Gasteiger partial charge is 0.324 e. The van der Waals surface area contributed by atoms with Crippen LogP contribution in [0.25, 0.3) is 6.01 Å². The molecule has 0 bridgehead atoms. The van der Waals surface area contributed by atoms with Crippen LogP contribution in [-0.2, 0) is 12.8 Å². The molecule has 1 N–H and O–H groups in total. The number of H-pyrrole nitrogens is 1. The van der Waals surface area contributed by atoms with E-state index >= 15 is 0 Å². The van der Waals surface area contributed by atoms with Gasteiger partial charge in [-0.1, -0.05) is 0 Å². The number of fused-ring (bicyclic) bond motifs is 1. The van der Waals surface area contributed by atoms with Gasteiger partial charge in [-0.05, 0) is 25.7 Å². The molecule has 0 unspecified atom stereocenters. The fourth-order valence-corrected chi connectivity index (χ4v) is 2.05. The monoisotopic (exact) mass is 205 g/mol. The van der Waals surface area contributed by atoms with Crippen molar-refractivity contribution in [2.24, 2.45) is 0 Å². The van der Waals surface area contributed by atoms with Gasteiger partial charge in [0.05, 0.1) is 6.20 Å². The molecular weight excluding hydrogens is 194 g/mol. The first-order chi connectivity index (χ1) is 7.36. The molecule has 2 aromatic heterocycles. The van der Waals surface area contributed by atoms with Gasteiger partial charge in [0.15, 0.2) is 0 Å². The number of oxazole rings is 1. The first kappa shape index (κ1) is 8.52. The lowest BCUT2D eigenvalue weighted by molar-refractivity contribution is 0.503. The molecule has 2 heterocycles. The van der Waals surface area contributed by atoms with E-state index in [4.69, 9.17) is 4.42 Å². The minimum Gasteiger partial charge on any atom is -0.431 e. The lowest BCUT2D eigenvalue weighted by atomic mass is 9.98. The number of hydrogen-bond acceptors (Lipinski definition) is 3. The summed E-state index contributed by atoms with van der Waals surface area (Å²) in [6.45, 7) is 0. The predicted octanol–water partition coefficient (Wildman–Crippen LogP) is 1.03. The lowest BCUT2D eigenvalue weighted by Gasteiger charge is -2.06. The standard InChI is InChI=1S/C10H11N3O2/c14-9-7-3-1-2-4-8(7)12-13(9)10-11-5-6-15-10/h5-6,12H,1-4H2. The summed E-state index contributed by atoms with van der Waals surface area (Å²) in [5, 5.41) is 3.05. The second-order valence-electron chi connectivity index (χ2n) is 3.73. The van der Waals surface area contributed by atoms with Crippen LogP contribution in [0.4, 0.5) is 0 Å². The zero-order chi connectivity index (χ0) is 10.3. The highest BCUT2D eigenvalue weighted by Crippen LogP contribution is 2.16. The Labute approximate surface area is 85.7 Å². The van der Waals surface area contributed by atoms with Crippen LogP contribution in [0.15, 0.2) is 21.7 Å². The van der Waals surface area contributed by atoms with Crippen molar-refractivity contribution in [3.05, 3.63) is 34.1 Å². The predicted molar refractivity (Wildman–Crippen MR) is 53.1 cm³/mol. The van der Waals surface area contributed by atoms with Gasteiger partial charge in [0.1, 0.15) is 6.26 Å². The van der Waals surface area contributed by atoms with Crippen molar-refractivity contribution in [3.8, 4) is 6.01 Å². The Balaban J connectivity index is 2.18. The van der Waals surface area contributed by atoms with E-state index in [-0.39, 0.29) is 5.56 Å². The number of nitrogens with zero attached hydrogens (tertiary/aromatic N) is 2. The molecule has 0 saturated carbocycles. The third kappa shape index (κ3) is 1.23. The normalized spacial score (nSPS) is 15.2. The molecular formula is C10H11N3O2. The van der Waals surface area contributed by atoms with E-state index in [2.05, 4.69) is 10.1 Å². The average molecular weight is 205 g/mol. The van der Waals surface area contributed by atoms with E-state index in [0.717, 1.165) is 36.9 Å². The number of aryl methyl sites for hydroxylation is 1. The summed E-state index contributed by atoms with van der Waals surface area (Å²) >= 11 is 0. The van der Waals surface area contributed by atoms with Gasteiger partial charge in [-0.15, -0.1) is 0 Å². The maximum Gasteiger partial charge on any atom is 0.324 e. The van der Waals surface area contributed by atoms with E-state index in [1.54, 1.807) is 0 Å². The van der Waals surface area contributed by atoms with Crippen LogP contribution < -0.4 is 5.56 Å². The molecule has 0 fully saturated rings. The van der Waals surface area contributed by atoms with Crippen LogP contribution in [0.5, 0.6) is 0 Å². The van der Waals surface area contributed by atoms with Gasteiger partial charge in [-0.3, -0.25) is 9.89 Å². The Hall–Kier alpha value is -1.78. The van der Waals surface area contributed by atoms with E-state index in [9.17, 15) is 4.79 Å². The summed E-state index contributed by atoms with van der Waals surface area (Å²) in [7, 11) is 0. The number of aromatic amines is 1. The lowest BCUT2D eigenvalue weighted by Crippen LogP contribution is -2.18. The molecule has 5 heteroatoms. The number of hydrogen-bond donors (Lipinski definition) is 1. The Morgan fingerprint density at radius 2 is 2.27 bits per heavy atom. The van der Waals surface area contributed by atoms with E-state index in [0.29, 0.717) is 6.01 Å². The quantitative estimate of drug-likeness (QED) is 0.756. The van der Waals surface area contributed by atoms with Crippen molar-refractivity contribution in [2.75, 3.05) is 0 Å². The molecule has 1 aliphatic rings. The maximum absolute atomic E-state index is 11.9. The largest absolute Gasteiger partial charge is 0.431 e. The maximum atomic E-state index is 11.9. The highest BCUT2D eigenvalue weighted by atomic mass is 16.4. The molecule has 78 valence electrons. The van der Waals surface area contributed by atoms with Crippen molar-refractivity contribution < 1.29 is 4.42 Å². The summed E-state index contributed by atoms with van der Waals surface area (Å²) in [4.78, 5) is 15.9. The summed E-state index contributed by atoms with van der Waals surface area (Å²) in [6, 6.07) is 0.314. The molecule has 0 atom stereocenters. The minimum absolute atomic E-state index is 0.0212. The van der Waals surface area contributed by atoms with Gasteiger partial charge < -0.3 is 4.42 Å². The summed E-state index contributed by atoms with van der Waals surface area (Å²) < 4.78 is 6.48. The van der Waals surface area contributed by atoms with Gasteiger partial charge in [0.25, 0.3) is 5.56 Å². The van der Waals surface area contributed by atoms with Crippen LogP contribution in [0.2, 0.25) is 0 Å². The molecule has 0 radical (unpaired) electrons. The molecule has 0 saturated heterocycles. The number of aromatic nitrogens is 3. The highest BCUT2D eigenvalue weighted by Gasteiger charge is 2.19. The second kappa shape index (κ2) is 3.12.